The van der Waals surface area contributed by atoms with Gasteiger partial charge >= 0.3 is 0 Å². The fourth-order valence-corrected chi connectivity index (χ4v) is 3.39. The smallest absolute Gasteiger partial charge is 0.258 e. The highest BCUT2D eigenvalue weighted by molar-refractivity contribution is 7.89. The standard InChI is InChI=1S/C16H18N2O4S/c1-3-13-4-6-14(7-5-13)12(2)17-23(21,22)16-10-8-15(9-11-16)18(19)20/h4-12,17H,3H2,1-2H3/t12-/m0/s1. The predicted octanol–water partition coefficient (Wildman–Crippen LogP) is 3.20. The number of nitrogens with zero attached hydrogens (tertiary/aromatic N) is 1. The number of aryl methyl sites for hydroxylation is 1. The second-order valence-corrected chi connectivity index (χ2v) is 6.90. The average Bonchev–Trinajstić information content (AvgIpc) is 2.54. The minimum atomic E-state index is -3.74. The number of nitrogens with one attached hydrogen (secondary N) is 1. The molecule has 2 aromatic carbocycles. The first-order valence-corrected chi connectivity index (χ1v) is 8.67. The average molecular weight is 334 g/mol. The molecule has 122 valence electrons. The van der Waals surface area contributed by atoms with Gasteiger partial charge in [-0.05, 0) is 36.6 Å². The normalized spacial score (nSPS) is 12.8. The fraction of sp³-hybridized carbons (Fsp3) is 0.250. The number of rotatable bonds is 6. The van der Waals surface area contributed by atoms with Crippen LogP contribution in [-0.4, -0.2) is 13.3 Å². The van der Waals surface area contributed by atoms with Crippen molar-refractivity contribution in [2.45, 2.75) is 31.2 Å². The molecule has 0 spiro atoms. The summed E-state index contributed by atoms with van der Waals surface area (Å²) in [7, 11) is -3.74. The van der Waals surface area contributed by atoms with E-state index in [0.717, 1.165) is 12.0 Å². The maximum atomic E-state index is 12.3. The van der Waals surface area contributed by atoms with E-state index in [1.54, 1.807) is 6.92 Å². The zero-order valence-corrected chi connectivity index (χ0v) is 13.7. The number of nitro groups is 1. The molecule has 0 fully saturated rings. The van der Waals surface area contributed by atoms with Crippen molar-refractivity contribution in [3.8, 4) is 0 Å². The van der Waals surface area contributed by atoms with Crippen LogP contribution in [0.5, 0.6) is 0 Å². The Balaban J connectivity index is 2.17. The maximum absolute atomic E-state index is 12.3. The SMILES string of the molecule is CCc1ccc([C@H](C)NS(=O)(=O)c2ccc([N+](=O)[O-])cc2)cc1. The molecule has 0 bridgehead atoms. The third-order valence-corrected chi connectivity index (χ3v) is 5.13. The van der Waals surface area contributed by atoms with Crippen molar-refractivity contribution in [2.24, 2.45) is 0 Å². The van der Waals surface area contributed by atoms with E-state index < -0.39 is 21.0 Å². The van der Waals surface area contributed by atoms with Crippen LogP contribution in [0.1, 0.15) is 31.0 Å². The fourth-order valence-electron chi connectivity index (χ4n) is 2.16. The number of sulfonamides is 1. The Labute approximate surface area is 135 Å². The molecule has 7 heteroatoms. The minimum absolute atomic E-state index is 0.000119. The van der Waals surface area contributed by atoms with Crippen molar-refractivity contribution in [2.75, 3.05) is 0 Å². The van der Waals surface area contributed by atoms with Crippen LogP contribution in [0, 0.1) is 10.1 Å². The molecule has 0 aromatic heterocycles. The van der Waals surface area contributed by atoms with Crippen molar-refractivity contribution < 1.29 is 13.3 Å². The third-order valence-electron chi connectivity index (χ3n) is 3.58. The summed E-state index contributed by atoms with van der Waals surface area (Å²) in [5.41, 5.74) is 1.89. The molecular weight excluding hydrogens is 316 g/mol. The Morgan fingerprint density at radius 3 is 2.13 bits per heavy atom. The van der Waals surface area contributed by atoms with Gasteiger partial charge in [-0.25, -0.2) is 13.1 Å². The monoisotopic (exact) mass is 334 g/mol. The van der Waals surface area contributed by atoms with Gasteiger partial charge < -0.3 is 0 Å². The highest BCUT2D eigenvalue weighted by atomic mass is 32.2. The number of hydrogen-bond acceptors (Lipinski definition) is 4. The van der Waals surface area contributed by atoms with Crippen molar-refractivity contribution >= 4 is 15.7 Å². The van der Waals surface area contributed by atoms with Crippen LogP contribution in [0.3, 0.4) is 0 Å². The molecule has 0 aliphatic heterocycles. The molecule has 0 heterocycles. The van der Waals surface area contributed by atoms with Crippen molar-refractivity contribution in [1.29, 1.82) is 0 Å². The van der Waals surface area contributed by atoms with E-state index in [2.05, 4.69) is 11.6 Å². The molecule has 6 nitrogen and oxygen atoms in total. The highest BCUT2D eigenvalue weighted by Gasteiger charge is 2.19. The predicted molar refractivity (Wildman–Crippen MR) is 87.7 cm³/mol. The Bertz CT molecular complexity index is 784. The first-order valence-electron chi connectivity index (χ1n) is 7.19. The lowest BCUT2D eigenvalue weighted by Crippen LogP contribution is -2.26. The molecule has 2 rings (SSSR count). The summed E-state index contributed by atoms with van der Waals surface area (Å²) in [5, 5.41) is 10.6. The van der Waals surface area contributed by atoms with E-state index >= 15 is 0 Å². The summed E-state index contributed by atoms with van der Waals surface area (Å²) >= 11 is 0. The molecule has 0 aliphatic rings. The first kappa shape index (κ1) is 17.1. The van der Waals surface area contributed by atoms with Gasteiger partial charge in [0.1, 0.15) is 0 Å². The van der Waals surface area contributed by atoms with E-state index in [4.69, 9.17) is 0 Å². The molecule has 23 heavy (non-hydrogen) atoms. The highest BCUT2D eigenvalue weighted by Crippen LogP contribution is 2.20. The van der Waals surface area contributed by atoms with Crippen LogP contribution < -0.4 is 4.72 Å². The topological polar surface area (TPSA) is 89.3 Å². The van der Waals surface area contributed by atoms with Gasteiger partial charge in [0.25, 0.3) is 5.69 Å². The summed E-state index contributed by atoms with van der Waals surface area (Å²) in [5.74, 6) is 0. The molecule has 0 amide bonds. The van der Waals surface area contributed by atoms with Crippen LogP contribution in [0.4, 0.5) is 5.69 Å². The van der Waals surface area contributed by atoms with Crippen LogP contribution in [0.15, 0.2) is 53.4 Å². The van der Waals surface area contributed by atoms with Crippen molar-refractivity contribution in [1.82, 2.24) is 4.72 Å². The van der Waals surface area contributed by atoms with Crippen LogP contribution >= 0.6 is 0 Å². The quantitative estimate of drug-likeness (QED) is 0.649. The molecule has 1 N–H and O–H groups in total. The summed E-state index contributed by atoms with van der Waals surface area (Å²) in [6.07, 6.45) is 0.920. The van der Waals surface area contributed by atoms with Gasteiger partial charge in [-0.2, -0.15) is 0 Å². The van der Waals surface area contributed by atoms with E-state index in [1.165, 1.54) is 29.8 Å². The Morgan fingerprint density at radius 2 is 1.65 bits per heavy atom. The van der Waals surface area contributed by atoms with E-state index in [1.807, 2.05) is 24.3 Å². The van der Waals surface area contributed by atoms with Gasteiger partial charge in [-0.1, -0.05) is 31.2 Å². The molecule has 0 unspecified atom stereocenters. The number of benzene rings is 2. The zero-order chi connectivity index (χ0) is 17.0. The van der Waals surface area contributed by atoms with E-state index in [0.29, 0.717) is 0 Å². The Hall–Kier alpha value is -2.25. The maximum Gasteiger partial charge on any atom is 0.269 e. The molecule has 0 saturated heterocycles. The van der Waals surface area contributed by atoms with Gasteiger partial charge in [0, 0.05) is 18.2 Å². The summed E-state index contributed by atoms with van der Waals surface area (Å²) in [6.45, 7) is 3.81. The Morgan fingerprint density at radius 1 is 1.09 bits per heavy atom. The molecule has 0 radical (unpaired) electrons. The Kier molecular flexibility index (Phi) is 5.12. The van der Waals surface area contributed by atoms with Crippen molar-refractivity contribution in [3.05, 3.63) is 69.8 Å². The van der Waals surface area contributed by atoms with Crippen LogP contribution in [0.25, 0.3) is 0 Å². The molecule has 0 aliphatic carbocycles. The number of non-ortho nitro benzene ring substituents is 1. The number of hydrogen-bond donors (Lipinski definition) is 1. The van der Waals surface area contributed by atoms with Gasteiger partial charge in [-0.3, -0.25) is 10.1 Å². The number of nitro benzene ring substituents is 1. The summed E-state index contributed by atoms with van der Waals surface area (Å²) < 4.78 is 27.3. The first-order chi connectivity index (χ1) is 10.8. The minimum Gasteiger partial charge on any atom is -0.258 e. The zero-order valence-electron chi connectivity index (χ0n) is 12.9. The van der Waals surface area contributed by atoms with Gasteiger partial charge in [0.15, 0.2) is 0 Å². The van der Waals surface area contributed by atoms with Crippen molar-refractivity contribution in [3.63, 3.8) is 0 Å². The largest absolute Gasteiger partial charge is 0.269 e. The molecule has 0 saturated carbocycles. The second kappa shape index (κ2) is 6.89. The van der Waals surface area contributed by atoms with Gasteiger partial charge in [-0.15, -0.1) is 0 Å². The van der Waals surface area contributed by atoms with Crippen LogP contribution in [-0.2, 0) is 16.4 Å². The lowest BCUT2D eigenvalue weighted by molar-refractivity contribution is -0.384. The molecular formula is C16H18N2O4S. The third kappa shape index (κ3) is 4.14. The lowest BCUT2D eigenvalue weighted by Gasteiger charge is -2.15. The van der Waals surface area contributed by atoms with E-state index in [9.17, 15) is 18.5 Å². The molecule has 1 atom stereocenters. The molecule has 2 aromatic rings. The summed E-state index contributed by atoms with van der Waals surface area (Å²) in [4.78, 5) is 10.0. The van der Waals surface area contributed by atoms with E-state index in [-0.39, 0.29) is 10.6 Å². The van der Waals surface area contributed by atoms with Crippen LogP contribution in [0.2, 0.25) is 0 Å². The second-order valence-electron chi connectivity index (χ2n) is 5.19. The lowest BCUT2D eigenvalue weighted by atomic mass is 10.1. The van der Waals surface area contributed by atoms with Gasteiger partial charge in [0.2, 0.25) is 10.0 Å². The summed E-state index contributed by atoms with van der Waals surface area (Å²) in [6, 6.07) is 12.1. The van der Waals surface area contributed by atoms with Gasteiger partial charge in [0.05, 0.1) is 9.82 Å².